The van der Waals surface area contributed by atoms with Gasteiger partial charge in [-0.05, 0) is 33.8 Å². The van der Waals surface area contributed by atoms with Gasteiger partial charge in [0.1, 0.15) is 11.5 Å². The number of fused-ring (bicyclic) bond motifs is 1. The summed E-state index contributed by atoms with van der Waals surface area (Å²) < 4.78 is 36.6. The molecule has 0 spiro atoms. The minimum atomic E-state index is -1.18. The average molecular weight is 351 g/mol. The van der Waals surface area contributed by atoms with Crippen LogP contribution in [0.25, 0.3) is 6.08 Å². The van der Waals surface area contributed by atoms with Crippen LogP contribution in [0, 0.1) is 10.1 Å². The molecule has 1 aromatic rings. The molecule has 0 bridgehead atoms. The van der Waals surface area contributed by atoms with E-state index < -0.39 is 29.0 Å². The standard InChI is InChI=1S/C16H19BFNO6/c1-15(2)16(3,4)25-17(24-15)13(18)7-10-5-12(19(20)21)6-11-8-22-9-23-14(10)11/h5-7H,8-9H2,1-4H3. The fraction of sp³-hybridized carbons (Fsp3) is 0.500. The van der Waals surface area contributed by atoms with E-state index in [1.54, 1.807) is 0 Å². The molecule has 3 rings (SSSR count). The number of hydrogen-bond donors (Lipinski definition) is 0. The van der Waals surface area contributed by atoms with Gasteiger partial charge in [-0.2, -0.15) is 0 Å². The second-order valence-corrected chi connectivity index (χ2v) is 7.01. The van der Waals surface area contributed by atoms with Crippen LogP contribution in [0.4, 0.5) is 10.1 Å². The summed E-state index contributed by atoms with van der Waals surface area (Å²) in [6.45, 7) is 7.43. The van der Waals surface area contributed by atoms with Crippen LogP contribution in [0.3, 0.4) is 0 Å². The lowest BCUT2D eigenvalue weighted by Gasteiger charge is -2.32. The predicted octanol–water partition coefficient (Wildman–Crippen LogP) is 3.40. The topological polar surface area (TPSA) is 80.1 Å². The fourth-order valence-corrected chi connectivity index (χ4v) is 2.62. The lowest BCUT2D eigenvalue weighted by atomic mass is 9.86. The van der Waals surface area contributed by atoms with Crippen molar-refractivity contribution >= 4 is 18.9 Å². The third kappa shape index (κ3) is 3.27. The van der Waals surface area contributed by atoms with Crippen molar-refractivity contribution in [3.8, 4) is 5.75 Å². The van der Waals surface area contributed by atoms with E-state index >= 15 is 0 Å². The van der Waals surface area contributed by atoms with Gasteiger partial charge in [0.2, 0.25) is 0 Å². The molecule has 0 unspecified atom stereocenters. The zero-order valence-electron chi connectivity index (χ0n) is 14.5. The summed E-state index contributed by atoms with van der Waals surface area (Å²) >= 11 is 0. The van der Waals surface area contributed by atoms with Gasteiger partial charge < -0.3 is 18.8 Å². The number of hydrogen-bond acceptors (Lipinski definition) is 6. The fourth-order valence-electron chi connectivity index (χ4n) is 2.62. The summed E-state index contributed by atoms with van der Waals surface area (Å²) in [5, 5.41) is 11.1. The van der Waals surface area contributed by atoms with Gasteiger partial charge in [0.25, 0.3) is 5.69 Å². The molecule has 0 radical (unpaired) electrons. The van der Waals surface area contributed by atoms with E-state index in [0.29, 0.717) is 11.3 Å². The van der Waals surface area contributed by atoms with E-state index in [-0.39, 0.29) is 24.7 Å². The smallest absolute Gasteiger partial charge is 0.467 e. The van der Waals surface area contributed by atoms with E-state index in [2.05, 4.69) is 0 Å². The van der Waals surface area contributed by atoms with Crippen LogP contribution in [0.1, 0.15) is 38.8 Å². The Morgan fingerprint density at radius 3 is 2.52 bits per heavy atom. The van der Waals surface area contributed by atoms with Crippen LogP contribution in [0.2, 0.25) is 0 Å². The van der Waals surface area contributed by atoms with Gasteiger partial charge in [-0.25, -0.2) is 4.39 Å². The van der Waals surface area contributed by atoms with Crippen LogP contribution < -0.4 is 4.74 Å². The number of non-ortho nitro benzene ring substituents is 1. The summed E-state index contributed by atoms with van der Waals surface area (Å²) in [4.78, 5) is 10.6. The highest BCUT2D eigenvalue weighted by Crippen LogP contribution is 2.40. The highest BCUT2D eigenvalue weighted by atomic mass is 19.1. The Kier molecular flexibility index (Phi) is 4.34. The number of ether oxygens (including phenoxy) is 2. The van der Waals surface area contributed by atoms with Crippen molar-refractivity contribution in [3.63, 3.8) is 0 Å². The van der Waals surface area contributed by atoms with E-state index in [4.69, 9.17) is 18.8 Å². The van der Waals surface area contributed by atoms with Gasteiger partial charge in [0, 0.05) is 23.3 Å². The van der Waals surface area contributed by atoms with Crippen LogP contribution in [0.15, 0.2) is 17.9 Å². The molecule has 0 atom stereocenters. The molecule has 0 N–H and O–H groups in total. The van der Waals surface area contributed by atoms with E-state index in [1.807, 2.05) is 27.7 Å². The monoisotopic (exact) mass is 351 g/mol. The highest BCUT2D eigenvalue weighted by molar-refractivity contribution is 6.54. The molecule has 2 heterocycles. The molecule has 0 amide bonds. The van der Waals surface area contributed by atoms with Gasteiger partial charge >= 0.3 is 7.12 Å². The quantitative estimate of drug-likeness (QED) is 0.472. The third-order valence-corrected chi connectivity index (χ3v) is 4.71. The number of benzene rings is 1. The minimum Gasteiger partial charge on any atom is -0.467 e. The number of rotatable bonds is 3. The Morgan fingerprint density at radius 2 is 1.92 bits per heavy atom. The molecule has 0 aromatic heterocycles. The SMILES string of the molecule is CC1(C)OB(C(F)=Cc2cc([N+](=O)[O-])cc3c2OCOC3)OC1(C)C. The molecule has 134 valence electrons. The number of nitro groups is 1. The van der Waals surface area contributed by atoms with Crippen molar-refractivity contribution < 1.29 is 28.1 Å². The Bertz CT molecular complexity index is 732. The summed E-state index contributed by atoms with van der Waals surface area (Å²) in [5.74, 6) is 0.364. The molecule has 25 heavy (non-hydrogen) atoms. The maximum absolute atomic E-state index is 14.7. The minimum absolute atomic E-state index is 0.00373. The van der Waals surface area contributed by atoms with Crippen molar-refractivity contribution in [2.45, 2.75) is 45.5 Å². The maximum atomic E-state index is 14.7. The molecular formula is C16H19BFNO6. The van der Waals surface area contributed by atoms with Crippen LogP contribution >= 0.6 is 0 Å². The zero-order chi connectivity index (χ0) is 18.4. The highest BCUT2D eigenvalue weighted by Gasteiger charge is 2.53. The van der Waals surface area contributed by atoms with Gasteiger partial charge in [0.15, 0.2) is 6.79 Å². The molecule has 7 nitrogen and oxygen atoms in total. The van der Waals surface area contributed by atoms with Crippen LogP contribution in [0.5, 0.6) is 5.75 Å². The molecule has 1 saturated heterocycles. The molecular weight excluding hydrogens is 332 g/mol. The summed E-state index contributed by atoms with van der Waals surface area (Å²) in [6.07, 6.45) is 1.15. The summed E-state index contributed by atoms with van der Waals surface area (Å²) in [6, 6.07) is 2.62. The van der Waals surface area contributed by atoms with Crippen molar-refractivity contribution in [1.29, 1.82) is 0 Å². The number of nitrogens with zero attached hydrogens (tertiary/aromatic N) is 1. The Hall–Kier alpha value is -1.97. The second kappa shape index (κ2) is 6.08. The van der Waals surface area contributed by atoms with Crippen molar-refractivity contribution in [3.05, 3.63) is 39.1 Å². The Morgan fingerprint density at radius 1 is 1.28 bits per heavy atom. The largest absolute Gasteiger partial charge is 0.525 e. The van der Waals surface area contributed by atoms with Crippen LogP contribution in [-0.2, 0) is 20.7 Å². The lowest BCUT2D eigenvalue weighted by Crippen LogP contribution is -2.41. The van der Waals surface area contributed by atoms with E-state index in [9.17, 15) is 14.5 Å². The normalized spacial score (nSPS) is 21.6. The molecule has 9 heteroatoms. The first-order valence-corrected chi connectivity index (χ1v) is 7.85. The molecule has 1 aromatic carbocycles. The second-order valence-electron chi connectivity index (χ2n) is 7.01. The number of halogens is 1. The average Bonchev–Trinajstić information content (AvgIpc) is 2.75. The first-order valence-electron chi connectivity index (χ1n) is 7.85. The Balaban J connectivity index is 1.98. The first-order chi connectivity index (χ1) is 11.6. The molecule has 0 aliphatic carbocycles. The Labute approximate surface area is 145 Å². The lowest BCUT2D eigenvalue weighted by molar-refractivity contribution is -0.385. The zero-order valence-corrected chi connectivity index (χ0v) is 14.5. The molecule has 2 aliphatic heterocycles. The van der Waals surface area contributed by atoms with Crippen molar-refractivity contribution in [1.82, 2.24) is 0 Å². The molecule has 0 saturated carbocycles. The van der Waals surface area contributed by atoms with Gasteiger partial charge in [-0.1, -0.05) is 0 Å². The molecule has 2 aliphatic rings. The first kappa shape index (κ1) is 17.8. The summed E-state index contributed by atoms with van der Waals surface area (Å²) in [7, 11) is -1.18. The summed E-state index contributed by atoms with van der Waals surface area (Å²) in [5.41, 5.74) is -1.48. The third-order valence-electron chi connectivity index (χ3n) is 4.71. The van der Waals surface area contributed by atoms with E-state index in [0.717, 1.165) is 6.08 Å². The van der Waals surface area contributed by atoms with Crippen molar-refractivity contribution in [2.75, 3.05) is 6.79 Å². The molecule has 1 fully saturated rings. The number of nitro benzene ring substituents is 1. The van der Waals surface area contributed by atoms with Crippen LogP contribution in [-0.4, -0.2) is 30.0 Å². The van der Waals surface area contributed by atoms with Crippen molar-refractivity contribution in [2.24, 2.45) is 0 Å². The van der Waals surface area contributed by atoms with Gasteiger partial charge in [-0.3, -0.25) is 10.1 Å². The maximum Gasteiger partial charge on any atom is 0.525 e. The predicted molar refractivity (Wildman–Crippen MR) is 88.5 cm³/mol. The van der Waals surface area contributed by atoms with Gasteiger partial charge in [-0.15, -0.1) is 0 Å². The van der Waals surface area contributed by atoms with E-state index in [1.165, 1.54) is 12.1 Å². The van der Waals surface area contributed by atoms with Gasteiger partial charge in [0.05, 0.1) is 22.7 Å².